The molecule has 3 rings (SSSR count). The van der Waals surface area contributed by atoms with Crippen molar-refractivity contribution in [2.75, 3.05) is 13.2 Å². The predicted molar refractivity (Wildman–Crippen MR) is 77.7 cm³/mol. The fourth-order valence-electron chi connectivity index (χ4n) is 2.59. The zero-order valence-corrected chi connectivity index (χ0v) is 11.8. The molecule has 3 nitrogen and oxygen atoms in total. The minimum absolute atomic E-state index is 0.137. The van der Waals surface area contributed by atoms with E-state index in [1.165, 1.54) is 12.1 Å². The van der Waals surface area contributed by atoms with Crippen LogP contribution < -0.4 is 10.1 Å². The zero-order chi connectivity index (χ0) is 15.5. The van der Waals surface area contributed by atoms with E-state index in [-0.39, 0.29) is 11.8 Å². The van der Waals surface area contributed by atoms with Gasteiger partial charge in [0.15, 0.2) is 0 Å². The molecular formula is C17H15F2NO2. The van der Waals surface area contributed by atoms with E-state index in [1.807, 2.05) is 24.3 Å². The number of nitrogens with one attached hydrogen (secondary N) is 1. The quantitative estimate of drug-likeness (QED) is 0.943. The molecule has 1 heterocycles. The van der Waals surface area contributed by atoms with Gasteiger partial charge in [0, 0.05) is 18.2 Å². The van der Waals surface area contributed by atoms with Crippen LogP contribution in [-0.2, 0) is 11.2 Å². The Morgan fingerprint density at radius 3 is 2.68 bits per heavy atom. The van der Waals surface area contributed by atoms with Crippen LogP contribution in [0.1, 0.15) is 17.0 Å². The number of carbonyl (C=O) groups is 1. The second-order valence-electron chi connectivity index (χ2n) is 5.22. The van der Waals surface area contributed by atoms with E-state index in [4.69, 9.17) is 4.74 Å². The third kappa shape index (κ3) is 3.08. The highest BCUT2D eigenvalue weighted by molar-refractivity contribution is 5.85. The van der Waals surface area contributed by atoms with Gasteiger partial charge in [0.25, 0.3) is 0 Å². The molecule has 1 amide bonds. The van der Waals surface area contributed by atoms with E-state index in [0.717, 1.165) is 17.4 Å². The Morgan fingerprint density at radius 1 is 1.18 bits per heavy atom. The molecule has 0 saturated heterocycles. The van der Waals surface area contributed by atoms with Crippen molar-refractivity contribution in [1.82, 2.24) is 5.32 Å². The van der Waals surface area contributed by atoms with E-state index in [2.05, 4.69) is 5.32 Å². The number of amides is 1. The van der Waals surface area contributed by atoms with Crippen molar-refractivity contribution in [2.24, 2.45) is 0 Å². The van der Waals surface area contributed by atoms with E-state index < -0.39 is 11.6 Å². The summed E-state index contributed by atoms with van der Waals surface area (Å²) in [5.74, 6) is -0.962. The van der Waals surface area contributed by atoms with Crippen molar-refractivity contribution < 1.29 is 18.3 Å². The van der Waals surface area contributed by atoms with Crippen molar-refractivity contribution >= 4 is 5.91 Å². The minimum atomic E-state index is -0.612. The highest BCUT2D eigenvalue weighted by Crippen LogP contribution is 2.33. The third-order valence-electron chi connectivity index (χ3n) is 3.65. The molecule has 5 heteroatoms. The van der Waals surface area contributed by atoms with Gasteiger partial charge in [-0.15, -0.1) is 0 Å². The number of hydrogen-bond donors (Lipinski definition) is 1. The Kier molecular flexibility index (Phi) is 4.04. The SMILES string of the molecule is O=C(NCCc1cc(F)cc(F)c1)C1COc2ccccc21. The molecule has 1 aliphatic heterocycles. The predicted octanol–water partition coefficient (Wildman–Crippen LogP) is 2.80. The van der Waals surface area contributed by atoms with Crippen molar-refractivity contribution in [1.29, 1.82) is 0 Å². The Balaban J connectivity index is 1.57. The summed E-state index contributed by atoms with van der Waals surface area (Å²) >= 11 is 0. The monoisotopic (exact) mass is 303 g/mol. The number of fused-ring (bicyclic) bond motifs is 1. The van der Waals surface area contributed by atoms with Gasteiger partial charge in [-0.1, -0.05) is 18.2 Å². The van der Waals surface area contributed by atoms with Crippen LogP contribution in [0.5, 0.6) is 5.75 Å². The van der Waals surface area contributed by atoms with E-state index in [1.54, 1.807) is 0 Å². The molecule has 1 aliphatic rings. The molecule has 2 aromatic carbocycles. The first-order valence-electron chi connectivity index (χ1n) is 7.08. The fourth-order valence-corrected chi connectivity index (χ4v) is 2.59. The summed E-state index contributed by atoms with van der Waals surface area (Å²) in [4.78, 5) is 12.2. The maximum absolute atomic E-state index is 13.1. The molecule has 1 unspecified atom stereocenters. The highest BCUT2D eigenvalue weighted by Gasteiger charge is 2.29. The third-order valence-corrected chi connectivity index (χ3v) is 3.65. The Bertz CT molecular complexity index is 683. The van der Waals surface area contributed by atoms with Gasteiger partial charge in [-0.05, 0) is 30.2 Å². The molecule has 0 radical (unpaired) electrons. The van der Waals surface area contributed by atoms with Gasteiger partial charge in [-0.3, -0.25) is 4.79 Å². The van der Waals surface area contributed by atoms with Crippen LogP contribution in [0.25, 0.3) is 0 Å². The van der Waals surface area contributed by atoms with Gasteiger partial charge < -0.3 is 10.1 Å². The first-order chi connectivity index (χ1) is 10.6. The molecule has 0 aliphatic carbocycles. The van der Waals surface area contributed by atoms with Gasteiger partial charge in [0.1, 0.15) is 29.9 Å². The standard InChI is InChI=1S/C17H15F2NO2/c18-12-7-11(8-13(19)9-12)5-6-20-17(21)15-10-22-16-4-2-1-3-14(15)16/h1-4,7-9,15H,5-6,10H2,(H,20,21). The summed E-state index contributed by atoms with van der Waals surface area (Å²) in [7, 11) is 0. The lowest BCUT2D eigenvalue weighted by molar-refractivity contribution is -0.122. The van der Waals surface area contributed by atoms with Crippen LogP contribution in [0.15, 0.2) is 42.5 Å². The molecule has 1 N–H and O–H groups in total. The van der Waals surface area contributed by atoms with E-state index in [9.17, 15) is 13.6 Å². The summed E-state index contributed by atoms with van der Waals surface area (Å²) in [5, 5.41) is 2.79. The largest absolute Gasteiger partial charge is 0.492 e. The Morgan fingerprint density at radius 2 is 1.91 bits per heavy atom. The lowest BCUT2D eigenvalue weighted by Gasteiger charge is -2.10. The van der Waals surface area contributed by atoms with Crippen molar-refractivity contribution in [3.63, 3.8) is 0 Å². The summed E-state index contributed by atoms with van der Waals surface area (Å²) in [6.07, 6.45) is 0.371. The van der Waals surface area contributed by atoms with Crippen LogP contribution in [-0.4, -0.2) is 19.1 Å². The second-order valence-corrected chi connectivity index (χ2v) is 5.22. The Hall–Kier alpha value is -2.43. The fraction of sp³-hybridized carbons (Fsp3) is 0.235. The highest BCUT2D eigenvalue weighted by atomic mass is 19.1. The molecule has 0 saturated carbocycles. The number of ether oxygens (including phenoxy) is 1. The summed E-state index contributed by atoms with van der Waals surface area (Å²) < 4.78 is 31.6. The van der Waals surface area contributed by atoms with E-state index >= 15 is 0 Å². The van der Waals surface area contributed by atoms with Crippen molar-refractivity contribution in [3.05, 3.63) is 65.2 Å². The number of rotatable bonds is 4. The molecule has 0 bridgehead atoms. The molecule has 1 atom stereocenters. The molecule has 2 aromatic rings. The summed E-state index contributed by atoms with van der Waals surface area (Å²) in [6, 6.07) is 10.8. The molecule has 0 spiro atoms. The number of halogens is 2. The van der Waals surface area contributed by atoms with Crippen LogP contribution in [0.3, 0.4) is 0 Å². The molecule has 114 valence electrons. The molecule has 0 fully saturated rings. The number of benzene rings is 2. The van der Waals surface area contributed by atoms with Gasteiger partial charge in [-0.25, -0.2) is 8.78 Å². The first kappa shape index (κ1) is 14.5. The van der Waals surface area contributed by atoms with Gasteiger partial charge in [-0.2, -0.15) is 0 Å². The van der Waals surface area contributed by atoms with Crippen molar-refractivity contribution in [3.8, 4) is 5.75 Å². The number of hydrogen-bond acceptors (Lipinski definition) is 2. The maximum Gasteiger partial charge on any atom is 0.231 e. The topological polar surface area (TPSA) is 38.3 Å². The van der Waals surface area contributed by atoms with Crippen molar-refractivity contribution in [2.45, 2.75) is 12.3 Å². The average molecular weight is 303 g/mol. The zero-order valence-electron chi connectivity index (χ0n) is 11.8. The number of para-hydroxylation sites is 1. The van der Waals surface area contributed by atoms with Crippen LogP contribution in [0.4, 0.5) is 8.78 Å². The normalized spacial score (nSPS) is 16.0. The lowest BCUT2D eigenvalue weighted by atomic mass is 10.0. The number of carbonyl (C=O) groups excluding carboxylic acids is 1. The van der Waals surface area contributed by atoms with Crippen LogP contribution in [0.2, 0.25) is 0 Å². The minimum Gasteiger partial charge on any atom is -0.492 e. The molecular weight excluding hydrogens is 288 g/mol. The smallest absolute Gasteiger partial charge is 0.231 e. The summed E-state index contributed by atoms with van der Waals surface area (Å²) in [5.41, 5.74) is 1.39. The van der Waals surface area contributed by atoms with Gasteiger partial charge in [0.05, 0.1) is 0 Å². The van der Waals surface area contributed by atoms with Gasteiger partial charge >= 0.3 is 0 Å². The van der Waals surface area contributed by atoms with Crippen LogP contribution >= 0.6 is 0 Å². The average Bonchev–Trinajstić information content (AvgIpc) is 2.90. The summed E-state index contributed by atoms with van der Waals surface area (Å²) in [6.45, 7) is 0.639. The maximum atomic E-state index is 13.1. The molecule has 0 aromatic heterocycles. The van der Waals surface area contributed by atoms with Crippen LogP contribution in [0, 0.1) is 11.6 Å². The lowest BCUT2D eigenvalue weighted by Crippen LogP contribution is -2.31. The van der Waals surface area contributed by atoms with E-state index in [0.29, 0.717) is 25.1 Å². The Labute approximate surface area is 126 Å². The van der Waals surface area contributed by atoms with Gasteiger partial charge in [0.2, 0.25) is 5.91 Å². The molecule has 22 heavy (non-hydrogen) atoms. The second kappa shape index (κ2) is 6.13. The first-order valence-corrected chi connectivity index (χ1v) is 7.08.